The number of fused-ring (bicyclic) bond motifs is 3. The predicted octanol–water partition coefficient (Wildman–Crippen LogP) is 5.58. The van der Waals surface area contributed by atoms with Gasteiger partial charge < -0.3 is 19.8 Å². The highest BCUT2D eigenvalue weighted by Gasteiger charge is 2.56. The van der Waals surface area contributed by atoms with Gasteiger partial charge in [-0.25, -0.2) is 9.69 Å². The molecule has 12 heteroatoms. The monoisotopic (exact) mass is 665 g/mol. The number of hydrogen-bond acceptors (Lipinski definition) is 9. The fraction of sp³-hybridized carbons (Fsp3) is 0.171. The van der Waals surface area contributed by atoms with Crippen LogP contribution in [0.5, 0.6) is 5.75 Å². The molecule has 7 rings (SSSR count). The Bertz CT molecular complexity index is 2110. The number of thiazole rings is 1. The van der Waals surface area contributed by atoms with E-state index in [1.165, 1.54) is 23.9 Å². The van der Waals surface area contributed by atoms with E-state index in [0.717, 1.165) is 27.0 Å². The van der Waals surface area contributed by atoms with Gasteiger partial charge in [0, 0.05) is 16.5 Å². The van der Waals surface area contributed by atoms with Crippen LogP contribution >= 0.6 is 23.1 Å². The molecule has 1 fully saturated rings. The van der Waals surface area contributed by atoms with Gasteiger partial charge in [-0.15, -0.1) is 0 Å². The summed E-state index contributed by atoms with van der Waals surface area (Å²) in [4.78, 5) is 69.6. The second-order valence-corrected chi connectivity index (χ2v) is 13.2. The second kappa shape index (κ2) is 12.5. The van der Waals surface area contributed by atoms with Gasteiger partial charge >= 0.3 is 10.8 Å². The van der Waals surface area contributed by atoms with Crippen LogP contribution in [-0.2, 0) is 19.1 Å². The number of aromatic nitrogens is 1. The van der Waals surface area contributed by atoms with Crippen molar-refractivity contribution in [1.29, 1.82) is 0 Å². The zero-order chi connectivity index (χ0) is 32.7. The molecule has 3 atom stereocenters. The molecule has 2 N–H and O–H groups in total. The summed E-state index contributed by atoms with van der Waals surface area (Å²) >= 11 is 2.18. The van der Waals surface area contributed by atoms with Crippen LogP contribution in [0.2, 0.25) is 0 Å². The number of amides is 3. The molecule has 10 nitrogen and oxygen atoms in total. The largest absolute Gasteiger partial charge is 0.484 e. The van der Waals surface area contributed by atoms with Gasteiger partial charge in [0.15, 0.2) is 6.61 Å². The zero-order valence-electron chi connectivity index (χ0n) is 24.9. The normalized spacial score (nSPS) is 18.5. The molecule has 2 aliphatic heterocycles. The lowest BCUT2D eigenvalue weighted by Gasteiger charge is -2.30. The van der Waals surface area contributed by atoms with E-state index in [1.807, 2.05) is 48.5 Å². The Balaban J connectivity index is 1.13. The van der Waals surface area contributed by atoms with E-state index in [0.29, 0.717) is 38.2 Å². The molecule has 0 bridgehead atoms. The van der Waals surface area contributed by atoms with Crippen LogP contribution in [0.3, 0.4) is 0 Å². The van der Waals surface area contributed by atoms with Gasteiger partial charge in [-0.1, -0.05) is 65.6 Å². The second-order valence-electron chi connectivity index (χ2n) is 11.0. The van der Waals surface area contributed by atoms with Crippen LogP contribution in [-0.4, -0.2) is 47.1 Å². The van der Waals surface area contributed by atoms with Gasteiger partial charge in [0.1, 0.15) is 11.0 Å². The van der Waals surface area contributed by atoms with Gasteiger partial charge in [0.05, 0.1) is 28.8 Å². The van der Waals surface area contributed by atoms with Crippen molar-refractivity contribution in [2.24, 2.45) is 5.92 Å². The number of nitrogens with zero attached hydrogens (tertiary/aromatic N) is 1. The number of thioether (sulfide) groups is 1. The topological polar surface area (TPSA) is 135 Å². The summed E-state index contributed by atoms with van der Waals surface area (Å²) in [5.74, 6) is -2.67. The molecule has 0 radical (unpaired) electrons. The van der Waals surface area contributed by atoms with Crippen molar-refractivity contribution in [1.82, 2.24) is 4.98 Å². The number of carbonyl (C=O) groups excluding carboxylic acids is 4. The average Bonchev–Trinajstić information content (AvgIpc) is 3.57. The Kier molecular flexibility index (Phi) is 8.12. The maximum absolute atomic E-state index is 14.1. The van der Waals surface area contributed by atoms with Gasteiger partial charge in [-0.2, -0.15) is 0 Å². The Morgan fingerprint density at radius 2 is 1.68 bits per heavy atom. The van der Waals surface area contributed by atoms with Crippen molar-refractivity contribution in [2.75, 3.05) is 23.4 Å². The van der Waals surface area contributed by atoms with Gasteiger partial charge in [-0.05, 0) is 71.8 Å². The standard InChI is InChI=1S/C35H27N3O7S2/c1-2-44-34(42)20-11-14-24(15-12-20)38-32(40)28-27(29-31(37-35(43)47-29)46-30(28)33(38)41)22-8-5-9-25(17-22)45-18-26(39)36-23-13-10-19-6-3-4-7-21(19)16-23/h3-17,27-28,30H,2,18H2,1H3,(H,36,39)(H,37,43). The first-order valence-corrected chi connectivity index (χ1v) is 16.6. The predicted molar refractivity (Wildman–Crippen MR) is 179 cm³/mol. The molecule has 1 aromatic heterocycles. The Hall–Kier alpha value is -5.20. The summed E-state index contributed by atoms with van der Waals surface area (Å²) in [5, 5.41) is 4.69. The third-order valence-electron chi connectivity index (χ3n) is 8.08. The first-order chi connectivity index (χ1) is 22.8. The molecule has 5 aromatic rings. The SMILES string of the molecule is CCOC(=O)c1ccc(N2C(=O)C3Sc4[nH]c(=O)sc4C(c4cccc(OCC(=O)Nc5ccc6ccccc6c5)c4)C3C2=O)cc1. The van der Waals surface area contributed by atoms with Gasteiger partial charge in [0.25, 0.3) is 5.91 Å². The lowest BCUT2D eigenvalue weighted by molar-refractivity contribution is -0.122. The molecule has 0 spiro atoms. The van der Waals surface area contributed by atoms with E-state index >= 15 is 0 Å². The Morgan fingerprint density at radius 1 is 0.894 bits per heavy atom. The van der Waals surface area contributed by atoms with Crippen molar-refractivity contribution in [3.8, 4) is 5.75 Å². The Morgan fingerprint density at radius 3 is 2.47 bits per heavy atom. The number of ether oxygens (including phenoxy) is 2. The third kappa shape index (κ3) is 5.81. The minimum atomic E-state index is -0.803. The fourth-order valence-electron chi connectivity index (χ4n) is 6.00. The number of nitrogens with one attached hydrogen (secondary N) is 2. The van der Waals surface area contributed by atoms with Crippen LogP contribution in [0, 0.1) is 5.92 Å². The van der Waals surface area contributed by atoms with Crippen LogP contribution in [0.1, 0.15) is 33.6 Å². The number of carbonyl (C=O) groups is 4. The number of benzene rings is 4. The molecule has 2 aliphatic rings. The molecule has 0 saturated carbocycles. The maximum Gasteiger partial charge on any atom is 0.338 e. The zero-order valence-corrected chi connectivity index (χ0v) is 26.6. The van der Waals surface area contributed by atoms with Crippen LogP contribution in [0.4, 0.5) is 11.4 Å². The first kappa shape index (κ1) is 30.5. The fourth-order valence-corrected chi connectivity index (χ4v) is 8.52. The van der Waals surface area contributed by atoms with Crippen LogP contribution < -0.4 is 19.8 Å². The molecule has 3 heterocycles. The summed E-state index contributed by atoms with van der Waals surface area (Å²) in [6, 6.07) is 26.7. The smallest absolute Gasteiger partial charge is 0.338 e. The van der Waals surface area contributed by atoms with Crippen molar-refractivity contribution in [3.63, 3.8) is 0 Å². The van der Waals surface area contributed by atoms with Gasteiger partial charge in [0.2, 0.25) is 11.8 Å². The van der Waals surface area contributed by atoms with Crippen LogP contribution in [0.25, 0.3) is 10.8 Å². The van der Waals surface area contributed by atoms with Crippen molar-refractivity contribution >= 4 is 68.9 Å². The van der Waals surface area contributed by atoms with E-state index in [1.54, 1.807) is 37.3 Å². The van der Waals surface area contributed by atoms with E-state index in [2.05, 4.69) is 10.3 Å². The van der Waals surface area contributed by atoms with Crippen molar-refractivity contribution in [3.05, 3.63) is 117 Å². The van der Waals surface area contributed by atoms with Crippen molar-refractivity contribution in [2.45, 2.75) is 23.1 Å². The molecule has 3 unspecified atom stereocenters. The average molecular weight is 666 g/mol. The molecule has 3 amide bonds. The van der Waals surface area contributed by atoms with Crippen LogP contribution in [0.15, 0.2) is 101 Å². The number of rotatable bonds is 8. The quantitative estimate of drug-likeness (QED) is 0.162. The van der Waals surface area contributed by atoms with E-state index in [-0.39, 0.29) is 24.0 Å². The third-order valence-corrected chi connectivity index (χ3v) is 10.5. The van der Waals surface area contributed by atoms with E-state index in [4.69, 9.17) is 9.47 Å². The molecule has 236 valence electrons. The van der Waals surface area contributed by atoms with E-state index < -0.39 is 34.9 Å². The lowest BCUT2D eigenvalue weighted by atomic mass is 9.83. The minimum Gasteiger partial charge on any atom is -0.484 e. The number of aromatic amines is 1. The van der Waals surface area contributed by atoms with Gasteiger partial charge in [-0.3, -0.25) is 19.2 Å². The molecule has 0 aliphatic carbocycles. The summed E-state index contributed by atoms with van der Waals surface area (Å²) in [6.45, 7) is 1.68. The summed E-state index contributed by atoms with van der Waals surface area (Å²) in [6.07, 6.45) is 0. The first-order valence-electron chi connectivity index (χ1n) is 14.9. The lowest BCUT2D eigenvalue weighted by Crippen LogP contribution is -2.32. The summed E-state index contributed by atoms with van der Waals surface area (Å²) in [5.41, 5.74) is 1.97. The summed E-state index contributed by atoms with van der Waals surface area (Å²) in [7, 11) is 0. The molecule has 1 saturated heterocycles. The highest BCUT2D eigenvalue weighted by Crippen LogP contribution is 2.53. The van der Waals surface area contributed by atoms with Crippen molar-refractivity contribution < 1.29 is 28.7 Å². The summed E-state index contributed by atoms with van der Waals surface area (Å²) < 4.78 is 10.9. The molecule has 4 aromatic carbocycles. The Labute approximate surface area is 276 Å². The van der Waals surface area contributed by atoms with E-state index in [9.17, 15) is 24.0 Å². The number of esters is 1. The minimum absolute atomic E-state index is 0.225. The number of anilines is 2. The molecular weight excluding hydrogens is 639 g/mol. The number of hydrogen-bond donors (Lipinski definition) is 2. The number of H-pyrrole nitrogens is 1. The maximum atomic E-state index is 14.1. The molecular formula is C35H27N3O7S2. The number of imide groups is 1. The highest BCUT2D eigenvalue weighted by molar-refractivity contribution is 8.00. The molecule has 47 heavy (non-hydrogen) atoms. The highest BCUT2D eigenvalue weighted by atomic mass is 32.2.